The molecule has 0 aliphatic carbocycles. The Morgan fingerprint density at radius 3 is 1.79 bits per heavy atom. The number of carbonyl (C=O) groups is 2. The van der Waals surface area contributed by atoms with Gasteiger partial charge in [-0.1, -0.05) is 0 Å². The smallest absolute Gasteiger partial charge is 0.345 e. The second-order valence-electron chi connectivity index (χ2n) is 6.13. The van der Waals surface area contributed by atoms with Crippen molar-refractivity contribution in [1.82, 2.24) is 19.9 Å². The van der Waals surface area contributed by atoms with E-state index in [2.05, 4.69) is 24.9 Å². The SMILES string of the molecule is COC1=NC(OC(=O)c2ccc(C(=O)Oc3nc(OC)nc(OC)n3)cc2)=NC(OC)N1C. The normalized spacial score (nSPS) is 15.2. The molecular formula is C19H20N6O8. The summed E-state index contributed by atoms with van der Waals surface area (Å²) in [6.07, 6.45) is -0.773. The average molecular weight is 460 g/mol. The first-order valence-electron chi connectivity index (χ1n) is 9.23. The molecule has 2 heterocycles. The van der Waals surface area contributed by atoms with Crippen molar-refractivity contribution >= 4 is 24.0 Å². The lowest BCUT2D eigenvalue weighted by atomic mass is 10.1. The van der Waals surface area contributed by atoms with Crippen LogP contribution in [0.1, 0.15) is 20.7 Å². The summed E-state index contributed by atoms with van der Waals surface area (Å²) in [5.41, 5.74) is 0.264. The van der Waals surface area contributed by atoms with Gasteiger partial charge in [0.15, 0.2) is 0 Å². The summed E-state index contributed by atoms with van der Waals surface area (Å²) in [5.74, 6) is -1.53. The molecule has 0 radical (unpaired) electrons. The van der Waals surface area contributed by atoms with Crippen LogP contribution >= 0.6 is 0 Å². The van der Waals surface area contributed by atoms with Crippen molar-refractivity contribution in [2.24, 2.45) is 9.98 Å². The first-order valence-corrected chi connectivity index (χ1v) is 9.23. The summed E-state index contributed by atoms with van der Waals surface area (Å²) in [5, 5.41) is 0. The molecule has 0 saturated carbocycles. The predicted octanol–water partition coefficient (Wildman–Crippen LogP) is 0.499. The number of aromatic nitrogens is 3. The number of methoxy groups -OCH3 is 4. The Labute approximate surface area is 187 Å². The molecule has 174 valence electrons. The van der Waals surface area contributed by atoms with Crippen molar-refractivity contribution in [2.45, 2.75) is 6.35 Å². The summed E-state index contributed by atoms with van der Waals surface area (Å²) in [6, 6.07) is 4.92. The van der Waals surface area contributed by atoms with E-state index >= 15 is 0 Å². The van der Waals surface area contributed by atoms with Crippen molar-refractivity contribution < 1.29 is 38.0 Å². The van der Waals surface area contributed by atoms with Crippen LogP contribution in [0.4, 0.5) is 0 Å². The Morgan fingerprint density at radius 1 is 0.788 bits per heavy atom. The molecule has 0 N–H and O–H groups in total. The van der Waals surface area contributed by atoms with Crippen LogP contribution in [0.25, 0.3) is 0 Å². The fraction of sp³-hybridized carbons (Fsp3) is 0.316. The molecule has 1 aromatic heterocycles. The van der Waals surface area contributed by atoms with E-state index in [4.69, 9.17) is 28.4 Å². The first kappa shape index (κ1) is 23.3. The quantitative estimate of drug-likeness (QED) is 0.551. The summed E-state index contributed by atoms with van der Waals surface area (Å²) < 4.78 is 30.4. The molecule has 14 heteroatoms. The molecule has 0 bridgehead atoms. The lowest BCUT2D eigenvalue weighted by Crippen LogP contribution is -2.42. The van der Waals surface area contributed by atoms with E-state index < -0.39 is 18.3 Å². The average Bonchev–Trinajstić information content (AvgIpc) is 2.84. The van der Waals surface area contributed by atoms with Gasteiger partial charge in [0.05, 0.1) is 32.5 Å². The van der Waals surface area contributed by atoms with E-state index in [1.807, 2.05) is 0 Å². The standard InChI is InChI=1S/C19H20N6O8/c1-25-18(30-4)23-17(24-19(25)31-5)33-13(27)11-8-6-10(7-9-11)12(26)32-16-21-14(28-2)20-15(22-16)29-3/h6-9,18H,1-5H3. The molecule has 3 rings (SSSR count). The van der Waals surface area contributed by atoms with Gasteiger partial charge in [-0.15, -0.1) is 19.9 Å². The van der Waals surface area contributed by atoms with Crippen LogP contribution in [0, 0.1) is 0 Å². The maximum absolute atomic E-state index is 12.5. The number of amidine groups is 2. The lowest BCUT2D eigenvalue weighted by Gasteiger charge is -2.27. The van der Waals surface area contributed by atoms with Crippen molar-refractivity contribution in [3.63, 3.8) is 0 Å². The number of esters is 2. The summed E-state index contributed by atoms with van der Waals surface area (Å²) in [7, 11) is 7.18. The van der Waals surface area contributed by atoms with E-state index in [0.717, 1.165) is 0 Å². The minimum atomic E-state index is -0.776. The van der Waals surface area contributed by atoms with Gasteiger partial charge < -0.3 is 28.4 Å². The van der Waals surface area contributed by atoms with Crippen LogP contribution < -0.4 is 14.2 Å². The van der Waals surface area contributed by atoms with Gasteiger partial charge in [-0.2, -0.15) is 4.99 Å². The van der Waals surface area contributed by atoms with E-state index in [-0.39, 0.29) is 41.2 Å². The van der Waals surface area contributed by atoms with Crippen LogP contribution in [0.15, 0.2) is 34.3 Å². The van der Waals surface area contributed by atoms with Gasteiger partial charge in [-0.25, -0.2) is 9.59 Å². The zero-order valence-electron chi connectivity index (χ0n) is 18.3. The number of hydrogen-bond acceptors (Lipinski definition) is 14. The highest BCUT2D eigenvalue weighted by Crippen LogP contribution is 2.16. The zero-order valence-corrected chi connectivity index (χ0v) is 18.3. The number of rotatable bonds is 6. The molecule has 0 spiro atoms. The van der Waals surface area contributed by atoms with Crippen molar-refractivity contribution in [3.05, 3.63) is 35.4 Å². The van der Waals surface area contributed by atoms with Gasteiger partial charge >= 0.3 is 36.0 Å². The van der Waals surface area contributed by atoms with E-state index in [9.17, 15) is 9.59 Å². The van der Waals surface area contributed by atoms with E-state index in [1.54, 1.807) is 7.05 Å². The number of aliphatic imine (C=N–C) groups is 2. The first-order chi connectivity index (χ1) is 15.9. The van der Waals surface area contributed by atoms with Crippen molar-refractivity contribution in [2.75, 3.05) is 35.5 Å². The highest BCUT2D eigenvalue weighted by atomic mass is 16.6. The van der Waals surface area contributed by atoms with E-state index in [0.29, 0.717) is 0 Å². The van der Waals surface area contributed by atoms with Crippen LogP contribution in [0.3, 0.4) is 0 Å². The van der Waals surface area contributed by atoms with Crippen LogP contribution in [0.5, 0.6) is 18.0 Å². The lowest BCUT2D eigenvalue weighted by molar-refractivity contribution is 0.0103. The molecule has 0 fully saturated rings. The molecule has 1 unspecified atom stereocenters. The Morgan fingerprint density at radius 2 is 1.30 bits per heavy atom. The van der Waals surface area contributed by atoms with Crippen LogP contribution in [0.2, 0.25) is 0 Å². The van der Waals surface area contributed by atoms with E-state index in [1.165, 1.54) is 57.6 Å². The highest BCUT2D eigenvalue weighted by Gasteiger charge is 2.26. The van der Waals surface area contributed by atoms with Gasteiger partial charge in [0, 0.05) is 14.2 Å². The van der Waals surface area contributed by atoms with Crippen LogP contribution in [-0.4, -0.2) is 85.7 Å². The molecule has 1 aromatic carbocycles. The second kappa shape index (κ2) is 10.3. The van der Waals surface area contributed by atoms with Crippen molar-refractivity contribution in [3.8, 4) is 18.0 Å². The highest BCUT2D eigenvalue weighted by molar-refractivity contribution is 6.02. The molecule has 0 saturated heterocycles. The largest absolute Gasteiger partial charge is 0.468 e. The van der Waals surface area contributed by atoms with Gasteiger partial charge in [0.1, 0.15) is 0 Å². The Hall–Kier alpha value is -4.33. The molecule has 33 heavy (non-hydrogen) atoms. The Balaban J connectivity index is 1.69. The molecule has 1 aliphatic rings. The van der Waals surface area contributed by atoms with Crippen LogP contribution in [-0.2, 0) is 14.2 Å². The fourth-order valence-electron chi connectivity index (χ4n) is 2.49. The monoisotopic (exact) mass is 460 g/mol. The van der Waals surface area contributed by atoms with Crippen molar-refractivity contribution in [1.29, 1.82) is 0 Å². The molecule has 1 aliphatic heterocycles. The summed E-state index contributed by atoms with van der Waals surface area (Å²) in [4.78, 5) is 45.9. The summed E-state index contributed by atoms with van der Waals surface area (Å²) in [6.45, 7) is 0. The third kappa shape index (κ3) is 5.48. The maximum atomic E-state index is 12.5. The Bertz CT molecular complexity index is 1070. The molecule has 1 atom stereocenters. The minimum absolute atomic E-state index is 0.0884. The summed E-state index contributed by atoms with van der Waals surface area (Å²) >= 11 is 0. The maximum Gasteiger partial charge on any atom is 0.345 e. The third-order valence-electron chi connectivity index (χ3n) is 4.10. The van der Waals surface area contributed by atoms with Gasteiger partial charge in [-0.05, 0) is 24.3 Å². The Kier molecular flexibility index (Phi) is 7.30. The van der Waals surface area contributed by atoms with Gasteiger partial charge in [-0.3, -0.25) is 4.90 Å². The number of nitrogens with zero attached hydrogens (tertiary/aromatic N) is 6. The third-order valence-corrected chi connectivity index (χ3v) is 4.10. The molecule has 2 aromatic rings. The number of hydrogen-bond donors (Lipinski definition) is 0. The topological polar surface area (TPSA) is 156 Å². The minimum Gasteiger partial charge on any atom is -0.468 e. The van der Waals surface area contributed by atoms with Gasteiger partial charge in [0.25, 0.3) is 6.02 Å². The second-order valence-corrected chi connectivity index (χ2v) is 6.13. The fourth-order valence-corrected chi connectivity index (χ4v) is 2.49. The molecule has 14 nitrogen and oxygen atoms in total. The number of benzene rings is 1. The number of ether oxygens (including phenoxy) is 6. The molecular weight excluding hydrogens is 440 g/mol. The number of carbonyl (C=O) groups excluding carboxylic acids is 2. The van der Waals surface area contributed by atoms with Gasteiger partial charge in [0.2, 0.25) is 6.35 Å². The predicted molar refractivity (Wildman–Crippen MR) is 110 cm³/mol. The zero-order chi connectivity index (χ0) is 24.0. The molecule has 0 amide bonds.